The number of sulfonamides is 1. The molecule has 0 spiro atoms. The van der Waals surface area contributed by atoms with Crippen LogP contribution in [0.4, 0.5) is 4.79 Å². The molecule has 0 saturated carbocycles. The van der Waals surface area contributed by atoms with Gasteiger partial charge in [0.15, 0.2) is 0 Å². The number of hydrogen-bond acceptors (Lipinski definition) is 8. The summed E-state index contributed by atoms with van der Waals surface area (Å²) in [5, 5.41) is 1.11. The Labute approximate surface area is 331 Å². The van der Waals surface area contributed by atoms with Crippen LogP contribution in [-0.2, 0) is 19.6 Å². The van der Waals surface area contributed by atoms with Crippen molar-refractivity contribution in [3.05, 3.63) is 92.4 Å². The number of ether oxygens (including phenoxy) is 2. The molecule has 288 valence electrons. The summed E-state index contributed by atoms with van der Waals surface area (Å²) in [7, 11) is -3.97. The van der Waals surface area contributed by atoms with Gasteiger partial charge in [0, 0.05) is 68.5 Å². The average molecular weight is 818 g/mol. The highest BCUT2D eigenvalue weighted by molar-refractivity contribution is 7.89. The molecule has 12 nitrogen and oxygen atoms in total. The van der Waals surface area contributed by atoms with E-state index in [1.165, 1.54) is 16.4 Å². The molecule has 4 heterocycles. The molecule has 3 aromatic carbocycles. The quantitative estimate of drug-likeness (QED) is 0.262. The standard InChI is InChI=1S/C38H43Cl3N6O6S/c1-2-53-32-24-31(41)33(54(50,51)46-13-3-4-14-46)23-30(32)37-42-35(26-5-9-28(39)10-6-26)36(27-7-11-29(40)12-8-27)47(37)38(49)45-17-15-43(16-18-45)25-34(48)44-19-21-52-22-20-44/h5-12,23-24,35-36H,2-4,13-22,25H2,1H3/t35-,36+/m0/s1. The van der Waals surface area contributed by atoms with Crippen LogP contribution in [0.2, 0.25) is 15.1 Å². The fourth-order valence-corrected chi connectivity index (χ4v) is 9.75. The third kappa shape index (κ3) is 8.09. The van der Waals surface area contributed by atoms with Gasteiger partial charge in [-0.1, -0.05) is 59.1 Å². The third-order valence-corrected chi connectivity index (χ3v) is 13.2. The Morgan fingerprint density at radius 3 is 2.04 bits per heavy atom. The number of carbonyl (C=O) groups excluding carboxylic acids is 2. The molecule has 0 bridgehead atoms. The second kappa shape index (κ2) is 16.7. The van der Waals surface area contributed by atoms with Crippen molar-refractivity contribution in [1.29, 1.82) is 0 Å². The molecule has 3 amide bonds. The number of hydrogen-bond donors (Lipinski definition) is 0. The normalized spacial score (nSPS) is 21.4. The Morgan fingerprint density at radius 2 is 1.43 bits per heavy atom. The summed E-state index contributed by atoms with van der Waals surface area (Å²) in [6.07, 6.45) is 1.52. The molecular formula is C38H43Cl3N6O6S. The molecule has 0 aliphatic carbocycles. The lowest BCUT2D eigenvalue weighted by Gasteiger charge is -2.39. The van der Waals surface area contributed by atoms with E-state index in [1.54, 1.807) is 34.1 Å². The molecule has 7 rings (SSSR count). The highest BCUT2D eigenvalue weighted by Gasteiger charge is 2.46. The van der Waals surface area contributed by atoms with E-state index in [1.807, 2.05) is 36.1 Å². The van der Waals surface area contributed by atoms with E-state index in [4.69, 9.17) is 49.3 Å². The number of amidine groups is 1. The molecular weight excluding hydrogens is 775 g/mol. The van der Waals surface area contributed by atoms with Gasteiger partial charge < -0.3 is 19.3 Å². The second-order valence-electron chi connectivity index (χ2n) is 13.7. The number of urea groups is 1. The zero-order chi connectivity index (χ0) is 38.0. The van der Waals surface area contributed by atoms with Gasteiger partial charge in [0.05, 0.1) is 43.0 Å². The van der Waals surface area contributed by atoms with Crippen LogP contribution in [-0.4, -0.2) is 129 Å². The van der Waals surface area contributed by atoms with Crippen LogP contribution in [0.25, 0.3) is 0 Å². The molecule has 3 fully saturated rings. The number of carbonyl (C=O) groups is 2. The fourth-order valence-electron chi connectivity index (χ4n) is 7.46. The predicted molar refractivity (Wildman–Crippen MR) is 208 cm³/mol. The molecule has 0 aromatic heterocycles. The zero-order valence-corrected chi connectivity index (χ0v) is 33.1. The van der Waals surface area contributed by atoms with Gasteiger partial charge in [-0.3, -0.25) is 19.6 Å². The first-order valence-corrected chi connectivity index (χ1v) is 20.8. The average Bonchev–Trinajstić information content (AvgIpc) is 3.86. The van der Waals surface area contributed by atoms with E-state index in [-0.39, 0.29) is 40.8 Å². The van der Waals surface area contributed by atoms with Crippen molar-refractivity contribution < 1.29 is 27.5 Å². The molecule has 0 radical (unpaired) electrons. The lowest BCUT2D eigenvalue weighted by molar-refractivity contribution is -0.136. The maximum absolute atomic E-state index is 15.1. The van der Waals surface area contributed by atoms with Crippen LogP contribution in [0, 0.1) is 0 Å². The summed E-state index contributed by atoms with van der Waals surface area (Å²) in [5.74, 6) is 0.604. The smallest absolute Gasteiger partial charge is 0.326 e. The number of piperazine rings is 1. The van der Waals surface area contributed by atoms with Crippen molar-refractivity contribution in [3.8, 4) is 5.75 Å². The zero-order valence-electron chi connectivity index (χ0n) is 30.0. The number of amides is 3. The maximum atomic E-state index is 15.1. The van der Waals surface area contributed by atoms with Crippen molar-refractivity contribution in [1.82, 2.24) is 23.9 Å². The fraction of sp³-hybridized carbons (Fsp3) is 0.447. The topological polar surface area (TPSA) is 115 Å². The second-order valence-corrected chi connectivity index (χ2v) is 16.9. The van der Waals surface area contributed by atoms with Crippen LogP contribution in [0.5, 0.6) is 5.75 Å². The monoisotopic (exact) mass is 816 g/mol. The molecule has 54 heavy (non-hydrogen) atoms. The van der Waals surface area contributed by atoms with Gasteiger partial charge in [-0.15, -0.1) is 0 Å². The first-order chi connectivity index (χ1) is 26.0. The Bertz CT molecular complexity index is 1980. The molecule has 4 aliphatic rings. The van der Waals surface area contributed by atoms with Gasteiger partial charge in [-0.05, 0) is 61.2 Å². The van der Waals surface area contributed by atoms with Crippen molar-refractivity contribution in [3.63, 3.8) is 0 Å². The molecule has 16 heteroatoms. The summed E-state index contributed by atoms with van der Waals surface area (Å²) in [6, 6.07) is 16.0. The maximum Gasteiger partial charge on any atom is 0.326 e. The number of morpholine rings is 1. The minimum atomic E-state index is -3.97. The molecule has 0 N–H and O–H groups in total. The van der Waals surface area contributed by atoms with Gasteiger partial charge in [-0.25, -0.2) is 13.2 Å². The summed E-state index contributed by atoms with van der Waals surface area (Å²) in [6.45, 7) is 7.08. The van der Waals surface area contributed by atoms with Crippen LogP contribution in [0.3, 0.4) is 0 Å². The van der Waals surface area contributed by atoms with Crippen LogP contribution >= 0.6 is 34.8 Å². The van der Waals surface area contributed by atoms with E-state index < -0.39 is 22.1 Å². The molecule has 2 atom stereocenters. The number of benzene rings is 3. The number of nitrogens with zero attached hydrogens (tertiary/aromatic N) is 6. The lowest BCUT2D eigenvalue weighted by atomic mass is 9.93. The highest BCUT2D eigenvalue weighted by Crippen LogP contribution is 2.46. The first-order valence-electron chi connectivity index (χ1n) is 18.3. The minimum Gasteiger partial charge on any atom is -0.493 e. The summed E-state index contributed by atoms with van der Waals surface area (Å²) in [5.41, 5.74) is 1.91. The Hall–Kier alpha value is -3.43. The van der Waals surface area contributed by atoms with Crippen LogP contribution in [0.1, 0.15) is 48.5 Å². The van der Waals surface area contributed by atoms with Crippen LogP contribution < -0.4 is 4.74 Å². The molecule has 3 aromatic rings. The Balaban J connectivity index is 1.30. The predicted octanol–water partition coefficient (Wildman–Crippen LogP) is 5.97. The summed E-state index contributed by atoms with van der Waals surface area (Å²) < 4.78 is 41.0. The van der Waals surface area contributed by atoms with E-state index >= 15 is 4.79 Å². The van der Waals surface area contributed by atoms with Gasteiger partial charge in [-0.2, -0.15) is 4.31 Å². The van der Waals surface area contributed by atoms with Gasteiger partial charge in [0.25, 0.3) is 0 Å². The minimum absolute atomic E-state index is 0.0248. The van der Waals surface area contributed by atoms with Gasteiger partial charge in [0.2, 0.25) is 15.9 Å². The number of rotatable bonds is 9. The van der Waals surface area contributed by atoms with Gasteiger partial charge in [0.1, 0.15) is 22.5 Å². The molecule has 3 saturated heterocycles. The number of aliphatic imine (C=N–C) groups is 1. The van der Waals surface area contributed by atoms with Crippen molar-refractivity contribution in [2.45, 2.75) is 36.7 Å². The van der Waals surface area contributed by atoms with Gasteiger partial charge >= 0.3 is 6.03 Å². The van der Waals surface area contributed by atoms with E-state index in [0.29, 0.717) is 86.9 Å². The Morgan fingerprint density at radius 1 is 0.815 bits per heavy atom. The lowest BCUT2D eigenvalue weighted by Crippen LogP contribution is -2.56. The van der Waals surface area contributed by atoms with Crippen molar-refractivity contribution in [2.24, 2.45) is 4.99 Å². The number of halogens is 3. The summed E-state index contributed by atoms with van der Waals surface area (Å²) in [4.78, 5) is 40.6. The molecule has 0 unspecified atom stereocenters. The highest BCUT2D eigenvalue weighted by atomic mass is 35.5. The van der Waals surface area contributed by atoms with Crippen molar-refractivity contribution >= 4 is 62.6 Å². The summed E-state index contributed by atoms with van der Waals surface area (Å²) >= 11 is 19.4. The van der Waals surface area contributed by atoms with E-state index in [9.17, 15) is 13.2 Å². The Kier molecular flexibility index (Phi) is 12.0. The molecule has 4 aliphatic heterocycles. The third-order valence-electron chi connectivity index (χ3n) is 10.3. The van der Waals surface area contributed by atoms with Crippen LogP contribution in [0.15, 0.2) is 70.6 Å². The van der Waals surface area contributed by atoms with E-state index in [0.717, 1.165) is 24.0 Å². The van der Waals surface area contributed by atoms with Crippen molar-refractivity contribution in [2.75, 3.05) is 78.7 Å². The largest absolute Gasteiger partial charge is 0.493 e. The van der Waals surface area contributed by atoms with E-state index in [2.05, 4.69) is 4.90 Å². The first kappa shape index (κ1) is 38.8. The SMILES string of the molecule is CCOc1cc(Cl)c(S(=O)(=O)N2CCCC2)cc1C1=N[C@@H](c2ccc(Cl)cc2)[C@@H](c2ccc(Cl)cc2)N1C(=O)N1CCN(CC(=O)N2CCOCC2)CC1.